The van der Waals surface area contributed by atoms with Crippen molar-refractivity contribution in [3.63, 3.8) is 0 Å². The number of carbonyl (C=O) groups is 2. The number of carboxylic acid groups (broad SMARTS) is 2. The number of benzene rings is 1. The molecule has 9 heteroatoms. The zero-order chi connectivity index (χ0) is 18.1. The fourth-order valence-corrected chi connectivity index (χ4v) is 2.51. The fourth-order valence-electron chi connectivity index (χ4n) is 2.32. The molecule has 0 spiro atoms. The standard InChI is InChI=1S/C16H11ClN4O4/c1-8-3-2-4-12-18-13(16(24)25)14(21(8)12)20-19-9-5-6-11(17)10(7-9)15(22)23/h2-7H,1H3,(H,22,23)(H,24,25). The van der Waals surface area contributed by atoms with Gasteiger partial charge in [0.2, 0.25) is 0 Å². The molecule has 0 amide bonds. The molecule has 2 aromatic heterocycles. The van der Waals surface area contributed by atoms with Crippen LogP contribution in [-0.2, 0) is 0 Å². The van der Waals surface area contributed by atoms with Crippen molar-refractivity contribution >= 4 is 40.7 Å². The van der Waals surface area contributed by atoms with E-state index < -0.39 is 11.9 Å². The van der Waals surface area contributed by atoms with Gasteiger partial charge in [0, 0.05) is 5.69 Å². The van der Waals surface area contributed by atoms with E-state index in [1.807, 2.05) is 0 Å². The van der Waals surface area contributed by atoms with Crippen molar-refractivity contribution in [2.75, 3.05) is 0 Å². The van der Waals surface area contributed by atoms with Gasteiger partial charge in [-0.2, -0.15) is 0 Å². The molecule has 0 bridgehead atoms. The molecule has 0 aliphatic heterocycles. The summed E-state index contributed by atoms with van der Waals surface area (Å²) < 4.78 is 1.56. The molecule has 0 aliphatic carbocycles. The lowest BCUT2D eigenvalue weighted by molar-refractivity contribution is 0.0683. The Morgan fingerprint density at radius 2 is 1.88 bits per heavy atom. The Hall–Kier alpha value is -3.26. The van der Waals surface area contributed by atoms with E-state index in [-0.39, 0.29) is 27.8 Å². The molecule has 0 aliphatic rings. The second-order valence-corrected chi connectivity index (χ2v) is 5.53. The van der Waals surface area contributed by atoms with E-state index in [1.165, 1.54) is 18.2 Å². The molecule has 126 valence electrons. The Labute approximate surface area is 146 Å². The van der Waals surface area contributed by atoms with Crippen LogP contribution >= 0.6 is 11.6 Å². The number of aryl methyl sites for hydroxylation is 1. The maximum absolute atomic E-state index is 11.4. The number of nitrogens with zero attached hydrogens (tertiary/aromatic N) is 4. The fraction of sp³-hybridized carbons (Fsp3) is 0.0625. The van der Waals surface area contributed by atoms with Gasteiger partial charge in [-0.3, -0.25) is 4.40 Å². The zero-order valence-corrected chi connectivity index (χ0v) is 13.6. The van der Waals surface area contributed by atoms with Crippen molar-refractivity contribution in [1.82, 2.24) is 9.38 Å². The Bertz CT molecular complexity index is 1040. The number of pyridine rings is 1. The van der Waals surface area contributed by atoms with E-state index in [1.54, 1.807) is 29.5 Å². The lowest BCUT2D eigenvalue weighted by Gasteiger charge is -2.02. The van der Waals surface area contributed by atoms with Crippen molar-refractivity contribution in [3.05, 3.63) is 58.4 Å². The normalized spacial score (nSPS) is 11.3. The molecule has 0 atom stereocenters. The Kier molecular flexibility index (Phi) is 4.20. The third-order valence-corrected chi connectivity index (χ3v) is 3.79. The van der Waals surface area contributed by atoms with Crippen molar-refractivity contribution < 1.29 is 19.8 Å². The molecule has 3 aromatic rings. The summed E-state index contributed by atoms with van der Waals surface area (Å²) in [4.78, 5) is 26.6. The van der Waals surface area contributed by atoms with Crippen molar-refractivity contribution in [3.8, 4) is 0 Å². The van der Waals surface area contributed by atoms with Gasteiger partial charge < -0.3 is 10.2 Å². The van der Waals surface area contributed by atoms with Crippen molar-refractivity contribution in [1.29, 1.82) is 0 Å². The van der Waals surface area contributed by atoms with Gasteiger partial charge >= 0.3 is 11.9 Å². The third kappa shape index (κ3) is 3.07. The molecule has 0 saturated heterocycles. The third-order valence-electron chi connectivity index (χ3n) is 3.46. The zero-order valence-electron chi connectivity index (χ0n) is 12.8. The van der Waals surface area contributed by atoms with E-state index in [4.69, 9.17) is 16.7 Å². The number of imidazole rings is 1. The quantitative estimate of drug-likeness (QED) is 0.680. The van der Waals surface area contributed by atoms with Gasteiger partial charge in [0.1, 0.15) is 5.65 Å². The molecule has 2 heterocycles. The first kappa shape index (κ1) is 16.6. The lowest BCUT2D eigenvalue weighted by atomic mass is 10.2. The highest BCUT2D eigenvalue weighted by Crippen LogP contribution is 2.27. The first-order valence-corrected chi connectivity index (χ1v) is 7.42. The Morgan fingerprint density at radius 3 is 2.56 bits per heavy atom. The number of fused-ring (bicyclic) bond motifs is 1. The molecule has 1 aromatic carbocycles. The van der Waals surface area contributed by atoms with Crippen molar-refractivity contribution in [2.24, 2.45) is 10.2 Å². The van der Waals surface area contributed by atoms with Gasteiger partial charge in [-0.05, 0) is 37.3 Å². The van der Waals surface area contributed by atoms with Crippen LogP contribution < -0.4 is 0 Å². The number of hydrogen-bond acceptors (Lipinski definition) is 5. The van der Waals surface area contributed by atoms with Crippen LogP contribution in [0.5, 0.6) is 0 Å². The van der Waals surface area contributed by atoms with E-state index >= 15 is 0 Å². The largest absolute Gasteiger partial charge is 0.478 e. The summed E-state index contributed by atoms with van der Waals surface area (Å²) in [5, 5.41) is 26.4. The van der Waals surface area contributed by atoms with Gasteiger partial charge in [-0.1, -0.05) is 17.7 Å². The topological polar surface area (TPSA) is 117 Å². The molecule has 0 saturated carbocycles. The summed E-state index contributed by atoms with van der Waals surface area (Å²) in [6.07, 6.45) is 0. The number of hydrogen-bond donors (Lipinski definition) is 2. The van der Waals surface area contributed by atoms with Gasteiger partial charge in [-0.15, -0.1) is 10.2 Å². The number of carboxylic acids is 2. The number of azo groups is 1. The van der Waals surface area contributed by atoms with Crippen LogP contribution in [-0.4, -0.2) is 31.5 Å². The summed E-state index contributed by atoms with van der Waals surface area (Å²) in [5.74, 6) is -2.38. The van der Waals surface area contributed by atoms with Gasteiger partial charge in [0.15, 0.2) is 11.5 Å². The van der Waals surface area contributed by atoms with Crippen LogP contribution in [0.25, 0.3) is 5.65 Å². The Morgan fingerprint density at radius 1 is 1.12 bits per heavy atom. The second-order valence-electron chi connectivity index (χ2n) is 5.12. The van der Waals surface area contributed by atoms with E-state index in [2.05, 4.69) is 15.2 Å². The number of aromatic nitrogens is 2. The minimum atomic E-state index is -1.24. The number of rotatable bonds is 4. The summed E-state index contributed by atoms with van der Waals surface area (Å²) in [7, 11) is 0. The average molecular weight is 359 g/mol. The molecule has 0 radical (unpaired) electrons. The summed E-state index contributed by atoms with van der Waals surface area (Å²) in [5.41, 5.74) is 1.01. The van der Waals surface area contributed by atoms with E-state index in [0.717, 1.165) is 5.69 Å². The number of halogens is 1. The van der Waals surface area contributed by atoms with Crippen LogP contribution in [0.4, 0.5) is 11.5 Å². The molecule has 8 nitrogen and oxygen atoms in total. The first-order chi connectivity index (χ1) is 11.9. The van der Waals surface area contributed by atoms with E-state index in [0.29, 0.717) is 5.65 Å². The molecular formula is C16H11ClN4O4. The van der Waals surface area contributed by atoms with Crippen LogP contribution in [0.15, 0.2) is 46.6 Å². The molecule has 0 fully saturated rings. The van der Waals surface area contributed by atoms with Crippen molar-refractivity contribution in [2.45, 2.75) is 6.92 Å². The van der Waals surface area contributed by atoms with E-state index in [9.17, 15) is 14.7 Å². The average Bonchev–Trinajstić information content (AvgIpc) is 2.94. The molecule has 2 N–H and O–H groups in total. The van der Waals surface area contributed by atoms with Gasteiger partial charge in [0.25, 0.3) is 0 Å². The van der Waals surface area contributed by atoms with Gasteiger partial charge in [0.05, 0.1) is 16.3 Å². The molecule has 25 heavy (non-hydrogen) atoms. The SMILES string of the molecule is Cc1cccc2nc(C(=O)O)c(N=Nc3ccc(Cl)c(C(=O)O)c3)n12. The predicted octanol–water partition coefficient (Wildman–Crippen LogP) is 4.11. The molecule has 0 unspecified atom stereocenters. The first-order valence-electron chi connectivity index (χ1n) is 7.04. The summed E-state index contributed by atoms with van der Waals surface area (Å²) in [6, 6.07) is 9.31. The summed E-state index contributed by atoms with van der Waals surface area (Å²) >= 11 is 5.81. The molecule has 3 rings (SSSR count). The van der Waals surface area contributed by atoms with Crippen LogP contribution in [0.1, 0.15) is 26.5 Å². The minimum absolute atomic E-state index is 0.0485. The minimum Gasteiger partial charge on any atom is -0.478 e. The summed E-state index contributed by atoms with van der Waals surface area (Å²) in [6.45, 7) is 1.78. The second kappa shape index (κ2) is 6.33. The van der Waals surface area contributed by atoms with Crippen LogP contribution in [0, 0.1) is 6.92 Å². The monoisotopic (exact) mass is 358 g/mol. The highest BCUT2D eigenvalue weighted by Gasteiger charge is 2.19. The maximum atomic E-state index is 11.4. The lowest BCUT2D eigenvalue weighted by Crippen LogP contribution is -1.97. The Balaban J connectivity index is 2.13. The number of aromatic carboxylic acids is 2. The van der Waals surface area contributed by atoms with Crippen LogP contribution in [0.2, 0.25) is 5.02 Å². The molecular weight excluding hydrogens is 348 g/mol. The highest BCUT2D eigenvalue weighted by molar-refractivity contribution is 6.33. The van der Waals surface area contributed by atoms with Crippen LogP contribution in [0.3, 0.4) is 0 Å². The smallest absolute Gasteiger partial charge is 0.358 e. The van der Waals surface area contributed by atoms with Gasteiger partial charge in [-0.25, -0.2) is 14.6 Å². The maximum Gasteiger partial charge on any atom is 0.358 e. The highest BCUT2D eigenvalue weighted by atomic mass is 35.5. The predicted molar refractivity (Wildman–Crippen MR) is 89.5 cm³/mol.